The van der Waals surface area contributed by atoms with Gasteiger partial charge in [0.15, 0.2) is 5.96 Å². The molecule has 2 heterocycles. The molecule has 0 aliphatic carbocycles. The molecule has 1 fully saturated rings. The summed E-state index contributed by atoms with van der Waals surface area (Å²) in [6.07, 6.45) is 3.06. The highest BCUT2D eigenvalue weighted by molar-refractivity contribution is 14.0. The molecule has 1 N–H and O–H groups in total. The Labute approximate surface area is 175 Å². The van der Waals surface area contributed by atoms with Crippen LogP contribution in [0.15, 0.2) is 15.6 Å². The topological polar surface area (TPSA) is 56.9 Å². The van der Waals surface area contributed by atoms with Gasteiger partial charge >= 0.3 is 0 Å². The van der Waals surface area contributed by atoms with Crippen LogP contribution < -0.4 is 5.32 Å². The van der Waals surface area contributed by atoms with Crippen molar-refractivity contribution in [2.45, 2.75) is 53.0 Å². The first kappa shape index (κ1) is 23.2. The smallest absolute Gasteiger partial charge is 0.213 e. The van der Waals surface area contributed by atoms with Gasteiger partial charge in [0.05, 0.1) is 12.7 Å². The second-order valence-corrected chi connectivity index (χ2v) is 7.86. The van der Waals surface area contributed by atoms with E-state index in [4.69, 9.17) is 4.42 Å². The maximum Gasteiger partial charge on any atom is 0.213 e. The molecule has 2 rings (SSSR count). The number of halogens is 1. The highest BCUT2D eigenvalue weighted by Gasteiger charge is 2.26. The molecule has 0 spiro atoms. The molecule has 1 aliphatic heterocycles. The summed E-state index contributed by atoms with van der Waals surface area (Å²) in [5, 5.41) is 3.40. The van der Waals surface area contributed by atoms with Crippen LogP contribution in [0.3, 0.4) is 0 Å². The molecule has 1 saturated heterocycles. The first-order chi connectivity index (χ1) is 11.9. The van der Waals surface area contributed by atoms with Crippen molar-refractivity contribution in [2.24, 2.45) is 10.9 Å². The minimum Gasteiger partial charge on any atom is -0.443 e. The fourth-order valence-corrected chi connectivity index (χ4v) is 3.25. The van der Waals surface area contributed by atoms with Crippen LogP contribution in [0.1, 0.15) is 52.7 Å². The van der Waals surface area contributed by atoms with Gasteiger partial charge in [-0.05, 0) is 25.4 Å². The van der Waals surface area contributed by atoms with Gasteiger partial charge in [0, 0.05) is 32.1 Å². The van der Waals surface area contributed by atoms with Crippen LogP contribution in [0, 0.1) is 5.92 Å². The number of guanidine groups is 1. The fourth-order valence-electron chi connectivity index (χ4n) is 3.25. The minimum absolute atomic E-state index is 0. The van der Waals surface area contributed by atoms with Gasteiger partial charge in [-0.2, -0.15) is 0 Å². The van der Waals surface area contributed by atoms with E-state index in [0.717, 1.165) is 37.9 Å². The lowest BCUT2D eigenvalue weighted by Crippen LogP contribution is -2.40. The van der Waals surface area contributed by atoms with Crippen molar-refractivity contribution >= 4 is 29.9 Å². The highest BCUT2D eigenvalue weighted by Crippen LogP contribution is 2.22. The summed E-state index contributed by atoms with van der Waals surface area (Å²) in [4.78, 5) is 13.7. The first-order valence-electron chi connectivity index (χ1n) is 9.50. The van der Waals surface area contributed by atoms with Gasteiger partial charge in [-0.1, -0.05) is 34.6 Å². The zero-order valence-corrected chi connectivity index (χ0v) is 19.5. The van der Waals surface area contributed by atoms with Gasteiger partial charge in [0.25, 0.3) is 0 Å². The van der Waals surface area contributed by atoms with E-state index in [0.29, 0.717) is 18.4 Å². The molecule has 150 valence electrons. The van der Waals surface area contributed by atoms with Crippen molar-refractivity contribution < 1.29 is 4.42 Å². The number of nitrogens with zero attached hydrogens (tertiary/aromatic N) is 4. The minimum atomic E-state index is -0.0144. The van der Waals surface area contributed by atoms with Gasteiger partial charge in [-0.25, -0.2) is 4.98 Å². The van der Waals surface area contributed by atoms with Crippen molar-refractivity contribution in [2.75, 3.05) is 39.8 Å². The first-order valence-corrected chi connectivity index (χ1v) is 9.50. The van der Waals surface area contributed by atoms with Gasteiger partial charge in [0.1, 0.15) is 5.76 Å². The summed E-state index contributed by atoms with van der Waals surface area (Å²) in [6.45, 7) is 17.0. The SMILES string of the molecule is CCN(CC)CC1CCN(C(=NC)NCc2ncc(C(C)(C)C)o2)C1.I. The number of aromatic nitrogens is 1. The van der Waals surface area contributed by atoms with Crippen LogP contribution in [-0.4, -0.2) is 60.5 Å². The molecule has 6 nitrogen and oxygen atoms in total. The number of nitrogens with one attached hydrogen (secondary N) is 1. The predicted octanol–water partition coefficient (Wildman–Crippen LogP) is 3.33. The van der Waals surface area contributed by atoms with E-state index < -0.39 is 0 Å². The summed E-state index contributed by atoms with van der Waals surface area (Å²) in [5.74, 6) is 3.29. The van der Waals surface area contributed by atoms with Gasteiger partial charge in [0.2, 0.25) is 5.89 Å². The van der Waals surface area contributed by atoms with E-state index in [1.807, 2.05) is 13.2 Å². The lowest BCUT2D eigenvalue weighted by atomic mass is 9.94. The second kappa shape index (κ2) is 10.5. The van der Waals surface area contributed by atoms with Crippen molar-refractivity contribution in [1.82, 2.24) is 20.1 Å². The summed E-state index contributed by atoms with van der Waals surface area (Å²) in [6, 6.07) is 0. The molecule has 1 aromatic rings. The third kappa shape index (κ3) is 6.40. The molecule has 1 aromatic heterocycles. The van der Waals surface area contributed by atoms with Crippen LogP contribution in [0.25, 0.3) is 0 Å². The maximum absolute atomic E-state index is 5.85. The van der Waals surface area contributed by atoms with Gasteiger partial charge in [-0.3, -0.25) is 4.99 Å². The Balaban J connectivity index is 0.00000338. The zero-order chi connectivity index (χ0) is 18.4. The zero-order valence-electron chi connectivity index (χ0n) is 17.2. The fraction of sp³-hybridized carbons (Fsp3) is 0.789. The maximum atomic E-state index is 5.85. The van der Waals surface area contributed by atoms with Crippen LogP contribution in [0.2, 0.25) is 0 Å². The number of hydrogen-bond donors (Lipinski definition) is 1. The molecule has 0 aromatic carbocycles. The summed E-state index contributed by atoms with van der Waals surface area (Å²) in [5.41, 5.74) is -0.0144. The number of aliphatic imine (C=N–C) groups is 1. The van der Waals surface area contributed by atoms with E-state index >= 15 is 0 Å². The summed E-state index contributed by atoms with van der Waals surface area (Å²) in [7, 11) is 1.84. The molecule has 1 unspecified atom stereocenters. The average molecular weight is 477 g/mol. The van der Waals surface area contributed by atoms with Crippen molar-refractivity contribution in [3.63, 3.8) is 0 Å². The van der Waals surface area contributed by atoms with Gasteiger partial charge in [-0.15, -0.1) is 24.0 Å². The quantitative estimate of drug-likeness (QED) is 0.387. The molecule has 0 saturated carbocycles. The Morgan fingerprint density at radius 2 is 2.08 bits per heavy atom. The largest absolute Gasteiger partial charge is 0.443 e. The van der Waals surface area contributed by atoms with Crippen LogP contribution in [0.5, 0.6) is 0 Å². The van der Waals surface area contributed by atoms with Crippen LogP contribution in [0.4, 0.5) is 0 Å². The normalized spacial score (nSPS) is 18.3. The van der Waals surface area contributed by atoms with Crippen molar-refractivity contribution in [1.29, 1.82) is 0 Å². The summed E-state index contributed by atoms with van der Waals surface area (Å²) >= 11 is 0. The Morgan fingerprint density at radius 3 is 2.62 bits per heavy atom. The van der Waals surface area contributed by atoms with E-state index in [9.17, 15) is 0 Å². The monoisotopic (exact) mass is 477 g/mol. The Hall–Kier alpha value is -0.830. The molecule has 7 heteroatoms. The second-order valence-electron chi connectivity index (χ2n) is 7.86. The molecule has 1 aliphatic rings. The standard InChI is InChI=1S/C19H35N5O.HI/c1-7-23(8-2)13-15-9-10-24(14-15)18(20-6)22-12-17-21-11-16(25-17)19(3,4)5;/h11,15H,7-10,12-14H2,1-6H3,(H,20,22);1H. The van der Waals surface area contributed by atoms with E-state index in [1.165, 1.54) is 13.0 Å². The Bertz CT molecular complexity index is 563. The molecule has 26 heavy (non-hydrogen) atoms. The van der Waals surface area contributed by atoms with Crippen LogP contribution >= 0.6 is 24.0 Å². The molecule has 0 amide bonds. The third-order valence-corrected chi connectivity index (χ3v) is 4.90. The number of rotatable bonds is 6. The Kier molecular flexibility index (Phi) is 9.36. The summed E-state index contributed by atoms with van der Waals surface area (Å²) < 4.78 is 5.85. The lowest BCUT2D eigenvalue weighted by molar-refractivity contribution is 0.255. The van der Waals surface area contributed by atoms with E-state index in [-0.39, 0.29) is 29.4 Å². The average Bonchev–Trinajstić information content (AvgIpc) is 3.22. The lowest BCUT2D eigenvalue weighted by Gasteiger charge is -2.24. The molecular weight excluding hydrogens is 441 g/mol. The predicted molar refractivity (Wildman–Crippen MR) is 118 cm³/mol. The molecule has 0 bridgehead atoms. The molecule has 0 radical (unpaired) electrons. The van der Waals surface area contributed by atoms with E-state index in [2.05, 4.69) is 59.7 Å². The number of likely N-dealkylation sites (tertiary alicyclic amines) is 1. The van der Waals surface area contributed by atoms with Gasteiger partial charge < -0.3 is 19.5 Å². The van der Waals surface area contributed by atoms with Crippen molar-refractivity contribution in [3.05, 3.63) is 17.8 Å². The number of oxazole rings is 1. The van der Waals surface area contributed by atoms with E-state index in [1.54, 1.807) is 0 Å². The van der Waals surface area contributed by atoms with Crippen LogP contribution in [-0.2, 0) is 12.0 Å². The van der Waals surface area contributed by atoms with Crippen molar-refractivity contribution in [3.8, 4) is 0 Å². The molecule has 1 atom stereocenters. The third-order valence-electron chi connectivity index (χ3n) is 4.90. The number of hydrogen-bond acceptors (Lipinski definition) is 4. The highest BCUT2D eigenvalue weighted by atomic mass is 127. The molecular formula is C19H36IN5O. The Morgan fingerprint density at radius 1 is 1.38 bits per heavy atom.